The van der Waals surface area contributed by atoms with Gasteiger partial charge in [-0.05, 0) is 86.2 Å². The molecule has 3 heteroatoms. The average molecular weight is 369 g/mol. The smallest absolute Gasteiger partial charge is 0.0621 e. The Morgan fingerprint density at radius 1 is 1.19 bits per heavy atom. The highest BCUT2D eigenvalue weighted by Crippen LogP contribution is 2.62. The normalized spacial score (nSPS) is 38.7. The van der Waals surface area contributed by atoms with Crippen molar-refractivity contribution in [1.82, 2.24) is 4.98 Å². The van der Waals surface area contributed by atoms with Gasteiger partial charge in [0.25, 0.3) is 0 Å². The van der Waals surface area contributed by atoms with Gasteiger partial charge in [0, 0.05) is 17.2 Å². The van der Waals surface area contributed by atoms with Crippen molar-refractivity contribution in [2.45, 2.75) is 56.2 Å². The van der Waals surface area contributed by atoms with E-state index in [1.54, 1.807) is 6.20 Å². The molecular weight excluding hydrogens is 346 g/mol. The van der Waals surface area contributed by atoms with Gasteiger partial charge in [-0.25, -0.2) is 0 Å². The summed E-state index contributed by atoms with van der Waals surface area (Å²) in [6.07, 6.45) is 15.0. The lowest BCUT2D eigenvalue weighted by Crippen LogP contribution is -2.47. The van der Waals surface area contributed by atoms with Gasteiger partial charge in [-0.2, -0.15) is 0 Å². The zero-order chi connectivity index (χ0) is 14.4. The van der Waals surface area contributed by atoms with Gasteiger partial charge in [0.1, 0.15) is 0 Å². The molecule has 0 radical (unpaired) electrons. The third-order valence-electron chi connectivity index (χ3n) is 6.12. The Balaban J connectivity index is 1.45. The molecule has 114 valence electrons. The second-order valence-electron chi connectivity index (χ2n) is 7.89. The molecule has 0 aliphatic heterocycles. The fraction of sp³-hybridized carbons (Fsp3) is 0.722. The molecule has 4 aliphatic carbocycles. The molecule has 0 amide bonds. The molecule has 0 aromatic carbocycles. The highest BCUT2D eigenvalue weighted by molar-refractivity contribution is 9.09. The van der Waals surface area contributed by atoms with Gasteiger partial charge in [-0.15, -0.1) is 0 Å². The Bertz CT molecular complexity index is 494. The zero-order valence-corrected chi connectivity index (χ0v) is 14.7. The van der Waals surface area contributed by atoms with Gasteiger partial charge in [-0.3, -0.25) is 4.98 Å². The molecule has 1 nitrogen and oxygen atoms in total. The number of aromatic nitrogens is 1. The van der Waals surface area contributed by atoms with E-state index < -0.39 is 0 Å². The van der Waals surface area contributed by atoms with E-state index in [1.165, 1.54) is 50.5 Å². The van der Waals surface area contributed by atoms with Crippen molar-refractivity contribution in [1.29, 1.82) is 0 Å². The lowest BCUT2D eigenvalue weighted by Gasteiger charge is -2.57. The molecule has 0 spiro atoms. The quantitative estimate of drug-likeness (QED) is 0.626. The molecule has 0 saturated heterocycles. The summed E-state index contributed by atoms with van der Waals surface area (Å²) in [4.78, 5) is 4.63. The molecule has 1 heterocycles. The monoisotopic (exact) mass is 367 g/mol. The summed E-state index contributed by atoms with van der Waals surface area (Å²) >= 11 is 10.2. The van der Waals surface area contributed by atoms with Crippen LogP contribution in [0, 0.1) is 23.2 Å². The Kier molecular flexibility index (Phi) is 3.82. The molecule has 4 bridgehead atoms. The van der Waals surface area contributed by atoms with Crippen molar-refractivity contribution in [3.8, 4) is 0 Å². The van der Waals surface area contributed by atoms with Crippen LogP contribution in [0.15, 0.2) is 18.5 Å². The van der Waals surface area contributed by atoms with E-state index in [9.17, 15) is 0 Å². The maximum absolute atomic E-state index is 6.26. The van der Waals surface area contributed by atoms with Crippen LogP contribution in [0.4, 0.5) is 0 Å². The number of alkyl halides is 1. The van der Waals surface area contributed by atoms with E-state index in [2.05, 4.69) is 27.0 Å². The van der Waals surface area contributed by atoms with Crippen molar-refractivity contribution in [2.75, 3.05) is 0 Å². The van der Waals surface area contributed by atoms with Crippen LogP contribution in [0.5, 0.6) is 0 Å². The summed E-state index contributed by atoms with van der Waals surface area (Å²) < 4.78 is 0. The van der Waals surface area contributed by atoms with E-state index in [1.807, 2.05) is 6.20 Å². The minimum Gasteiger partial charge on any atom is -0.263 e. The summed E-state index contributed by atoms with van der Waals surface area (Å²) in [6, 6.07) is 2.07. The van der Waals surface area contributed by atoms with E-state index in [-0.39, 0.29) is 0 Å². The first-order valence-electron chi connectivity index (χ1n) is 8.34. The lowest BCUT2D eigenvalue weighted by molar-refractivity contribution is -0.0569. The fourth-order valence-electron chi connectivity index (χ4n) is 5.89. The molecule has 1 atom stereocenters. The van der Waals surface area contributed by atoms with Crippen LogP contribution in [0.3, 0.4) is 0 Å². The van der Waals surface area contributed by atoms with Crippen LogP contribution >= 0.6 is 27.5 Å². The summed E-state index contributed by atoms with van der Waals surface area (Å²) in [5, 5.41) is 0.812. The molecular formula is C18H23BrClN. The number of hydrogen-bond donors (Lipinski definition) is 0. The van der Waals surface area contributed by atoms with E-state index in [4.69, 9.17) is 11.6 Å². The fourth-order valence-corrected chi connectivity index (χ4v) is 7.12. The summed E-state index contributed by atoms with van der Waals surface area (Å²) in [5.41, 5.74) is 1.88. The van der Waals surface area contributed by atoms with Crippen LogP contribution in [0.1, 0.15) is 50.5 Å². The number of halogens is 2. The largest absolute Gasteiger partial charge is 0.263 e. The highest BCUT2D eigenvalue weighted by Gasteiger charge is 2.51. The number of pyridine rings is 1. The van der Waals surface area contributed by atoms with Crippen molar-refractivity contribution in [2.24, 2.45) is 23.2 Å². The minimum absolute atomic E-state index is 0.550. The first kappa shape index (κ1) is 14.5. The lowest BCUT2D eigenvalue weighted by atomic mass is 9.48. The number of nitrogens with zero attached hydrogens (tertiary/aromatic N) is 1. The maximum Gasteiger partial charge on any atom is 0.0621 e. The molecule has 4 fully saturated rings. The van der Waals surface area contributed by atoms with Crippen LogP contribution in [-0.4, -0.2) is 9.81 Å². The summed E-state index contributed by atoms with van der Waals surface area (Å²) in [7, 11) is 0. The zero-order valence-electron chi connectivity index (χ0n) is 12.4. The number of rotatable bonds is 4. The third kappa shape index (κ3) is 2.91. The topological polar surface area (TPSA) is 12.9 Å². The van der Waals surface area contributed by atoms with E-state index in [0.29, 0.717) is 10.2 Å². The van der Waals surface area contributed by atoms with Crippen LogP contribution in [0.25, 0.3) is 0 Å². The van der Waals surface area contributed by atoms with E-state index in [0.717, 1.165) is 29.2 Å². The second kappa shape index (κ2) is 5.53. The second-order valence-corrected chi connectivity index (χ2v) is 9.59. The Hall–Kier alpha value is -0.0800. The van der Waals surface area contributed by atoms with Crippen molar-refractivity contribution in [3.05, 3.63) is 29.0 Å². The third-order valence-corrected chi connectivity index (χ3v) is 7.11. The Morgan fingerprint density at radius 2 is 1.81 bits per heavy atom. The predicted molar refractivity (Wildman–Crippen MR) is 90.9 cm³/mol. The molecule has 21 heavy (non-hydrogen) atoms. The first-order chi connectivity index (χ1) is 10.1. The average Bonchev–Trinajstić information content (AvgIpc) is 2.39. The van der Waals surface area contributed by atoms with Gasteiger partial charge in [-0.1, -0.05) is 27.5 Å². The predicted octanol–water partition coefficient (Wildman–Crippen LogP) is 5.65. The summed E-state index contributed by atoms with van der Waals surface area (Å²) in [5.74, 6) is 3.13. The molecule has 1 aromatic heterocycles. The van der Waals surface area contributed by atoms with E-state index >= 15 is 0 Å². The Labute approximate surface area is 141 Å². The van der Waals surface area contributed by atoms with Gasteiger partial charge in [0.05, 0.1) is 5.02 Å². The molecule has 1 unspecified atom stereocenters. The van der Waals surface area contributed by atoms with Gasteiger partial charge < -0.3 is 0 Å². The summed E-state index contributed by atoms with van der Waals surface area (Å²) in [6.45, 7) is 0. The van der Waals surface area contributed by atoms with Gasteiger partial charge >= 0.3 is 0 Å². The highest BCUT2D eigenvalue weighted by atomic mass is 79.9. The number of hydrogen-bond acceptors (Lipinski definition) is 1. The molecule has 1 aromatic rings. The molecule has 0 N–H and O–H groups in total. The van der Waals surface area contributed by atoms with Crippen molar-refractivity contribution in [3.63, 3.8) is 0 Å². The molecule has 4 aliphatic rings. The van der Waals surface area contributed by atoms with Crippen LogP contribution < -0.4 is 0 Å². The Morgan fingerprint density at radius 3 is 2.38 bits per heavy atom. The molecule has 4 saturated carbocycles. The minimum atomic E-state index is 0.550. The van der Waals surface area contributed by atoms with Crippen molar-refractivity contribution >= 4 is 27.5 Å². The SMILES string of the molecule is Clc1cnccc1CC(Br)CC12CC3CC(CC(C3)C1)C2. The van der Waals surface area contributed by atoms with Crippen molar-refractivity contribution < 1.29 is 0 Å². The van der Waals surface area contributed by atoms with Crippen LogP contribution in [-0.2, 0) is 6.42 Å². The first-order valence-corrected chi connectivity index (χ1v) is 9.64. The van der Waals surface area contributed by atoms with Gasteiger partial charge in [0.2, 0.25) is 0 Å². The van der Waals surface area contributed by atoms with Crippen LogP contribution in [0.2, 0.25) is 5.02 Å². The maximum atomic E-state index is 6.26. The standard InChI is InChI=1S/C18H23BrClN/c19-16(6-15-1-2-21-11-17(15)20)10-18-7-12-3-13(8-18)5-14(4-12)9-18/h1-2,11-14,16H,3-10H2. The molecule has 5 rings (SSSR count). The van der Waals surface area contributed by atoms with Gasteiger partial charge in [0.15, 0.2) is 0 Å².